The van der Waals surface area contributed by atoms with E-state index in [1.165, 1.54) is 18.9 Å². The van der Waals surface area contributed by atoms with Gasteiger partial charge in [-0.15, -0.1) is 0 Å². The summed E-state index contributed by atoms with van der Waals surface area (Å²) in [6.07, 6.45) is 3.75. The van der Waals surface area contributed by atoms with E-state index >= 15 is 0 Å². The summed E-state index contributed by atoms with van der Waals surface area (Å²) in [5.41, 5.74) is -0.105. The highest BCUT2D eigenvalue weighted by Gasteiger charge is 2.19. The summed E-state index contributed by atoms with van der Waals surface area (Å²) in [5, 5.41) is 3.86. The van der Waals surface area contributed by atoms with E-state index in [0.717, 1.165) is 12.8 Å². The third kappa shape index (κ3) is 1.71. The van der Waals surface area contributed by atoms with Gasteiger partial charge in [-0.1, -0.05) is 12.8 Å². The number of aromatic nitrogens is 2. The van der Waals surface area contributed by atoms with Crippen LogP contribution in [0, 0.1) is 0 Å². The maximum absolute atomic E-state index is 12.2. The molecule has 13 heavy (non-hydrogen) atoms. The Bertz CT molecular complexity index is 277. The SMILES string of the molecule is FC(F)c1ccn(C2CCCC2)n1. The minimum atomic E-state index is -2.44. The maximum Gasteiger partial charge on any atom is 0.282 e. The Morgan fingerprint density at radius 3 is 2.62 bits per heavy atom. The van der Waals surface area contributed by atoms with Gasteiger partial charge in [0.05, 0.1) is 6.04 Å². The van der Waals surface area contributed by atoms with Crippen molar-refractivity contribution in [2.45, 2.75) is 38.2 Å². The molecule has 0 aliphatic heterocycles. The van der Waals surface area contributed by atoms with Crippen LogP contribution in [0.3, 0.4) is 0 Å². The molecule has 1 aromatic heterocycles. The zero-order valence-corrected chi connectivity index (χ0v) is 7.29. The molecule has 0 spiro atoms. The van der Waals surface area contributed by atoms with Crippen molar-refractivity contribution in [3.8, 4) is 0 Å². The number of hydrogen-bond donors (Lipinski definition) is 0. The van der Waals surface area contributed by atoms with Gasteiger partial charge < -0.3 is 0 Å². The lowest BCUT2D eigenvalue weighted by Crippen LogP contribution is -2.05. The third-order valence-electron chi connectivity index (χ3n) is 2.55. The van der Waals surface area contributed by atoms with E-state index in [0.29, 0.717) is 6.04 Å². The van der Waals surface area contributed by atoms with E-state index in [1.807, 2.05) is 0 Å². The molecular weight excluding hydrogens is 174 g/mol. The molecule has 4 heteroatoms. The van der Waals surface area contributed by atoms with Crippen LogP contribution in [-0.2, 0) is 0 Å². The van der Waals surface area contributed by atoms with E-state index in [9.17, 15) is 8.78 Å². The van der Waals surface area contributed by atoms with Gasteiger partial charge in [0, 0.05) is 6.20 Å². The summed E-state index contributed by atoms with van der Waals surface area (Å²) in [6.45, 7) is 0. The summed E-state index contributed by atoms with van der Waals surface area (Å²) < 4.78 is 26.1. The molecule has 1 aromatic rings. The Labute approximate surface area is 75.6 Å². The van der Waals surface area contributed by atoms with Gasteiger partial charge in [0.2, 0.25) is 0 Å². The van der Waals surface area contributed by atoms with Crippen molar-refractivity contribution in [2.75, 3.05) is 0 Å². The lowest BCUT2D eigenvalue weighted by Gasteiger charge is -2.08. The molecule has 2 nitrogen and oxygen atoms in total. The van der Waals surface area contributed by atoms with Gasteiger partial charge in [0.15, 0.2) is 0 Å². The molecule has 72 valence electrons. The summed E-state index contributed by atoms with van der Waals surface area (Å²) in [6, 6.07) is 1.76. The first-order chi connectivity index (χ1) is 6.27. The molecule has 1 fully saturated rings. The first kappa shape index (κ1) is 8.66. The van der Waals surface area contributed by atoms with Crippen molar-refractivity contribution in [1.29, 1.82) is 0 Å². The average molecular weight is 186 g/mol. The van der Waals surface area contributed by atoms with Gasteiger partial charge in [0.25, 0.3) is 6.43 Å². The molecule has 2 rings (SSSR count). The predicted molar refractivity (Wildman–Crippen MR) is 44.7 cm³/mol. The largest absolute Gasteiger partial charge is 0.282 e. The summed E-state index contributed by atoms with van der Waals surface area (Å²) >= 11 is 0. The van der Waals surface area contributed by atoms with E-state index < -0.39 is 6.43 Å². The number of alkyl halides is 2. The second kappa shape index (κ2) is 3.44. The second-order valence-electron chi connectivity index (χ2n) is 3.46. The molecule has 0 bridgehead atoms. The van der Waals surface area contributed by atoms with Crippen molar-refractivity contribution in [1.82, 2.24) is 9.78 Å². The van der Waals surface area contributed by atoms with Crippen LogP contribution < -0.4 is 0 Å². The molecule has 1 aliphatic carbocycles. The Morgan fingerprint density at radius 1 is 1.38 bits per heavy atom. The van der Waals surface area contributed by atoms with Crippen molar-refractivity contribution < 1.29 is 8.78 Å². The smallest absolute Gasteiger partial charge is 0.269 e. The minimum absolute atomic E-state index is 0.105. The molecule has 0 radical (unpaired) electrons. The normalized spacial score (nSPS) is 18.7. The van der Waals surface area contributed by atoms with Crippen molar-refractivity contribution in [3.63, 3.8) is 0 Å². The quantitative estimate of drug-likeness (QED) is 0.694. The van der Waals surface area contributed by atoms with Gasteiger partial charge in [-0.3, -0.25) is 4.68 Å². The van der Waals surface area contributed by atoms with Crippen LogP contribution in [0.2, 0.25) is 0 Å². The second-order valence-corrected chi connectivity index (χ2v) is 3.46. The van der Waals surface area contributed by atoms with E-state index in [2.05, 4.69) is 5.10 Å². The number of nitrogens with zero attached hydrogens (tertiary/aromatic N) is 2. The predicted octanol–water partition coefficient (Wildman–Crippen LogP) is 2.94. The first-order valence-corrected chi connectivity index (χ1v) is 4.60. The van der Waals surface area contributed by atoms with Gasteiger partial charge in [-0.2, -0.15) is 5.10 Å². The lowest BCUT2D eigenvalue weighted by atomic mass is 10.3. The van der Waals surface area contributed by atoms with Crippen LogP contribution in [0.5, 0.6) is 0 Å². The monoisotopic (exact) mass is 186 g/mol. The molecule has 1 saturated carbocycles. The Balaban J connectivity index is 2.12. The van der Waals surface area contributed by atoms with Gasteiger partial charge in [-0.05, 0) is 18.9 Å². The average Bonchev–Trinajstić information content (AvgIpc) is 2.75. The highest BCUT2D eigenvalue weighted by atomic mass is 19.3. The molecule has 0 aromatic carbocycles. The number of hydrogen-bond acceptors (Lipinski definition) is 1. The molecule has 1 heterocycles. The molecule has 0 N–H and O–H groups in total. The Morgan fingerprint density at radius 2 is 2.08 bits per heavy atom. The zero-order chi connectivity index (χ0) is 9.26. The molecule has 0 saturated heterocycles. The summed E-state index contributed by atoms with van der Waals surface area (Å²) in [5.74, 6) is 0. The highest BCUT2D eigenvalue weighted by molar-refractivity contribution is 5.01. The third-order valence-corrected chi connectivity index (χ3v) is 2.55. The first-order valence-electron chi connectivity index (χ1n) is 4.60. The van der Waals surface area contributed by atoms with Crippen LogP contribution in [0.4, 0.5) is 8.78 Å². The summed E-state index contributed by atoms with van der Waals surface area (Å²) in [4.78, 5) is 0. The van der Waals surface area contributed by atoms with Crippen LogP contribution in [-0.4, -0.2) is 9.78 Å². The molecule has 1 aliphatic rings. The fourth-order valence-corrected chi connectivity index (χ4v) is 1.84. The van der Waals surface area contributed by atoms with Crippen molar-refractivity contribution in [2.24, 2.45) is 0 Å². The van der Waals surface area contributed by atoms with Gasteiger partial charge in [0.1, 0.15) is 5.69 Å². The number of rotatable bonds is 2. The molecular formula is C9H12F2N2. The van der Waals surface area contributed by atoms with E-state index in [4.69, 9.17) is 0 Å². The molecule has 0 unspecified atom stereocenters. The topological polar surface area (TPSA) is 17.8 Å². The van der Waals surface area contributed by atoms with Crippen LogP contribution in [0.25, 0.3) is 0 Å². The Hall–Kier alpha value is -0.930. The highest BCUT2D eigenvalue weighted by Crippen LogP contribution is 2.29. The maximum atomic E-state index is 12.2. The van der Waals surface area contributed by atoms with Crippen LogP contribution in [0.1, 0.15) is 43.8 Å². The number of halogens is 2. The summed E-state index contributed by atoms with van der Waals surface area (Å²) in [7, 11) is 0. The Kier molecular flexibility index (Phi) is 2.29. The van der Waals surface area contributed by atoms with Crippen LogP contribution in [0.15, 0.2) is 12.3 Å². The minimum Gasteiger partial charge on any atom is -0.269 e. The van der Waals surface area contributed by atoms with E-state index in [-0.39, 0.29) is 5.69 Å². The van der Waals surface area contributed by atoms with E-state index in [1.54, 1.807) is 10.9 Å². The van der Waals surface area contributed by atoms with Gasteiger partial charge >= 0.3 is 0 Å². The van der Waals surface area contributed by atoms with Crippen molar-refractivity contribution >= 4 is 0 Å². The fourth-order valence-electron chi connectivity index (χ4n) is 1.84. The van der Waals surface area contributed by atoms with Crippen LogP contribution >= 0.6 is 0 Å². The zero-order valence-electron chi connectivity index (χ0n) is 7.29. The van der Waals surface area contributed by atoms with Crippen molar-refractivity contribution in [3.05, 3.63) is 18.0 Å². The fraction of sp³-hybridized carbons (Fsp3) is 0.667. The lowest BCUT2D eigenvalue weighted by molar-refractivity contribution is 0.144. The molecule has 0 atom stereocenters. The molecule has 0 amide bonds. The standard InChI is InChI=1S/C9H12F2N2/c10-9(11)8-5-6-13(12-8)7-3-1-2-4-7/h5-7,9H,1-4H2. The van der Waals surface area contributed by atoms with Gasteiger partial charge in [-0.25, -0.2) is 8.78 Å².